The van der Waals surface area contributed by atoms with Crippen LogP contribution in [0.3, 0.4) is 0 Å². The van der Waals surface area contributed by atoms with Crippen LogP contribution in [0.15, 0.2) is 36.4 Å². The minimum absolute atomic E-state index is 0.163. The van der Waals surface area contributed by atoms with Gasteiger partial charge < -0.3 is 9.84 Å². The Hall–Kier alpha value is -1.77. The number of fused-ring (bicyclic) bond motifs is 1. The monoisotopic (exact) mass is 204 g/mol. The number of benzene rings is 1. The van der Waals surface area contributed by atoms with Crippen LogP contribution in [0.2, 0.25) is 0 Å². The van der Waals surface area contributed by atoms with E-state index in [2.05, 4.69) is 0 Å². The van der Waals surface area contributed by atoms with Crippen molar-refractivity contribution in [2.45, 2.75) is 6.42 Å². The zero-order valence-electron chi connectivity index (χ0n) is 8.22. The van der Waals surface area contributed by atoms with Crippen molar-refractivity contribution in [1.29, 1.82) is 0 Å². The normalized spacial score (nSPS) is 19.6. The summed E-state index contributed by atoms with van der Waals surface area (Å²) < 4.78 is 5.52. The van der Waals surface area contributed by atoms with Crippen LogP contribution >= 0.6 is 0 Å². The molecule has 15 heavy (non-hydrogen) atoms. The summed E-state index contributed by atoms with van der Waals surface area (Å²) in [5.74, 6) is 0.169. The second-order valence-electron chi connectivity index (χ2n) is 3.58. The highest BCUT2D eigenvalue weighted by Crippen LogP contribution is 2.27. The molecule has 3 heteroatoms. The van der Waals surface area contributed by atoms with Gasteiger partial charge in [0.25, 0.3) is 0 Å². The average molecular weight is 204 g/mol. The van der Waals surface area contributed by atoms with Gasteiger partial charge in [-0.3, -0.25) is 0 Å². The lowest BCUT2D eigenvalue weighted by Crippen LogP contribution is -2.19. The zero-order chi connectivity index (χ0) is 10.7. The molecule has 0 amide bonds. The van der Waals surface area contributed by atoms with Crippen molar-refractivity contribution < 1.29 is 14.6 Å². The Bertz CT molecular complexity index is 396. The van der Waals surface area contributed by atoms with Crippen LogP contribution < -0.4 is 4.74 Å². The standard InChI is InChI=1S/C12H12O3/c13-12(14)6-5-9-7-10-3-1-2-4-11(10)15-8-9/h1-6,9H,7-8H2,(H,13,14). The Morgan fingerprint density at radius 3 is 3.07 bits per heavy atom. The van der Waals surface area contributed by atoms with Gasteiger partial charge in [0.1, 0.15) is 5.75 Å². The van der Waals surface area contributed by atoms with Crippen molar-refractivity contribution in [2.75, 3.05) is 6.61 Å². The molecule has 0 aromatic heterocycles. The zero-order valence-corrected chi connectivity index (χ0v) is 8.22. The Labute approximate surface area is 88.0 Å². The van der Waals surface area contributed by atoms with Gasteiger partial charge in [-0.25, -0.2) is 4.79 Å². The number of carboxylic acid groups (broad SMARTS) is 1. The molecule has 1 atom stereocenters. The maximum Gasteiger partial charge on any atom is 0.327 e. The van der Waals surface area contributed by atoms with E-state index >= 15 is 0 Å². The van der Waals surface area contributed by atoms with Crippen LogP contribution in [-0.4, -0.2) is 17.7 Å². The summed E-state index contributed by atoms with van der Waals surface area (Å²) in [6.45, 7) is 0.556. The van der Waals surface area contributed by atoms with E-state index in [0.717, 1.165) is 17.7 Å². The first-order chi connectivity index (χ1) is 7.25. The summed E-state index contributed by atoms with van der Waals surface area (Å²) in [6.07, 6.45) is 3.72. The SMILES string of the molecule is O=C(O)C=CC1COc2ccccc2C1. The molecule has 1 heterocycles. The second-order valence-corrected chi connectivity index (χ2v) is 3.58. The fraction of sp³-hybridized carbons (Fsp3) is 0.250. The summed E-state index contributed by atoms with van der Waals surface area (Å²) in [5, 5.41) is 8.51. The number of aliphatic carboxylic acids is 1. The number of para-hydroxylation sites is 1. The number of carbonyl (C=O) groups is 1. The van der Waals surface area contributed by atoms with E-state index in [1.54, 1.807) is 6.08 Å². The Kier molecular flexibility index (Phi) is 2.72. The van der Waals surface area contributed by atoms with Gasteiger partial charge in [-0.05, 0) is 18.1 Å². The molecular formula is C12H12O3. The van der Waals surface area contributed by atoms with Gasteiger partial charge in [0, 0.05) is 12.0 Å². The summed E-state index contributed by atoms with van der Waals surface area (Å²) >= 11 is 0. The van der Waals surface area contributed by atoms with Crippen LogP contribution in [0.1, 0.15) is 5.56 Å². The van der Waals surface area contributed by atoms with Crippen molar-refractivity contribution in [1.82, 2.24) is 0 Å². The molecule has 0 aliphatic carbocycles. The second kappa shape index (κ2) is 4.17. The quantitative estimate of drug-likeness (QED) is 0.748. The molecule has 0 bridgehead atoms. The summed E-state index contributed by atoms with van der Waals surface area (Å²) in [4.78, 5) is 10.4. The van der Waals surface area contributed by atoms with Gasteiger partial charge in [0.15, 0.2) is 0 Å². The van der Waals surface area contributed by atoms with Crippen LogP contribution in [0.25, 0.3) is 0 Å². The largest absolute Gasteiger partial charge is 0.493 e. The Morgan fingerprint density at radius 1 is 1.47 bits per heavy atom. The smallest absolute Gasteiger partial charge is 0.327 e. The third-order valence-corrected chi connectivity index (χ3v) is 2.42. The van der Waals surface area contributed by atoms with Crippen LogP contribution in [0.5, 0.6) is 5.75 Å². The number of carboxylic acids is 1. The molecule has 1 aromatic rings. The lowest BCUT2D eigenvalue weighted by molar-refractivity contribution is -0.131. The molecule has 0 spiro atoms. The first kappa shape index (κ1) is 9.77. The van der Waals surface area contributed by atoms with Gasteiger partial charge in [-0.2, -0.15) is 0 Å². The first-order valence-corrected chi connectivity index (χ1v) is 4.87. The lowest BCUT2D eigenvalue weighted by Gasteiger charge is -2.22. The van der Waals surface area contributed by atoms with Crippen molar-refractivity contribution >= 4 is 5.97 Å². The average Bonchev–Trinajstić information content (AvgIpc) is 2.26. The number of rotatable bonds is 2. The predicted octanol–water partition coefficient (Wildman–Crippen LogP) is 1.88. The van der Waals surface area contributed by atoms with Crippen molar-refractivity contribution in [3.8, 4) is 5.75 Å². The highest BCUT2D eigenvalue weighted by atomic mass is 16.5. The van der Waals surface area contributed by atoms with E-state index in [9.17, 15) is 4.79 Å². The molecule has 2 rings (SSSR count). The number of hydrogen-bond acceptors (Lipinski definition) is 2. The van der Waals surface area contributed by atoms with Crippen molar-refractivity contribution in [3.63, 3.8) is 0 Å². The minimum atomic E-state index is -0.908. The van der Waals surface area contributed by atoms with Crippen LogP contribution in [-0.2, 0) is 11.2 Å². The van der Waals surface area contributed by atoms with E-state index in [0.29, 0.717) is 6.61 Å². The molecule has 0 radical (unpaired) electrons. The van der Waals surface area contributed by atoms with Gasteiger partial charge in [0.05, 0.1) is 6.61 Å². The third kappa shape index (κ3) is 2.37. The predicted molar refractivity (Wildman–Crippen MR) is 55.9 cm³/mol. The number of ether oxygens (including phenoxy) is 1. The summed E-state index contributed by atoms with van der Waals surface area (Å²) in [6, 6.07) is 7.85. The molecule has 0 saturated heterocycles. The minimum Gasteiger partial charge on any atom is -0.493 e. The van der Waals surface area contributed by atoms with Crippen molar-refractivity contribution in [2.24, 2.45) is 5.92 Å². The van der Waals surface area contributed by atoms with Crippen molar-refractivity contribution in [3.05, 3.63) is 42.0 Å². The summed E-state index contributed by atoms with van der Waals surface area (Å²) in [7, 11) is 0. The molecule has 1 aliphatic rings. The Morgan fingerprint density at radius 2 is 2.27 bits per heavy atom. The highest BCUT2D eigenvalue weighted by Gasteiger charge is 2.16. The van der Waals surface area contributed by atoms with E-state index in [-0.39, 0.29) is 5.92 Å². The maximum atomic E-state index is 10.4. The summed E-state index contributed by atoms with van der Waals surface area (Å²) in [5.41, 5.74) is 1.14. The molecule has 1 N–H and O–H groups in total. The topological polar surface area (TPSA) is 46.5 Å². The van der Waals surface area contributed by atoms with E-state index in [1.165, 1.54) is 6.08 Å². The fourth-order valence-corrected chi connectivity index (χ4v) is 1.69. The molecule has 1 aromatic carbocycles. The molecule has 1 unspecified atom stereocenters. The fourth-order valence-electron chi connectivity index (χ4n) is 1.69. The Balaban J connectivity index is 2.09. The lowest BCUT2D eigenvalue weighted by atomic mass is 9.96. The van der Waals surface area contributed by atoms with E-state index in [1.807, 2.05) is 24.3 Å². The number of hydrogen-bond donors (Lipinski definition) is 1. The molecule has 78 valence electrons. The molecule has 3 nitrogen and oxygen atoms in total. The van der Waals surface area contributed by atoms with E-state index in [4.69, 9.17) is 9.84 Å². The van der Waals surface area contributed by atoms with Gasteiger partial charge in [0.2, 0.25) is 0 Å². The van der Waals surface area contributed by atoms with Crippen LogP contribution in [0, 0.1) is 5.92 Å². The third-order valence-electron chi connectivity index (χ3n) is 2.42. The van der Waals surface area contributed by atoms with E-state index < -0.39 is 5.97 Å². The van der Waals surface area contributed by atoms with Crippen LogP contribution in [0.4, 0.5) is 0 Å². The molecule has 0 saturated carbocycles. The molecule has 0 fully saturated rings. The van der Waals surface area contributed by atoms with Gasteiger partial charge >= 0.3 is 5.97 Å². The van der Waals surface area contributed by atoms with Gasteiger partial charge in [-0.1, -0.05) is 24.3 Å². The maximum absolute atomic E-state index is 10.4. The molecule has 1 aliphatic heterocycles. The van der Waals surface area contributed by atoms with Gasteiger partial charge in [-0.15, -0.1) is 0 Å². The highest BCUT2D eigenvalue weighted by molar-refractivity contribution is 5.79. The molecular weight excluding hydrogens is 192 g/mol. The first-order valence-electron chi connectivity index (χ1n) is 4.87.